The molecule has 1 aliphatic heterocycles. The van der Waals surface area contributed by atoms with Crippen molar-refractivity contribution in [3.63, 3.8) is 0 Å². The molecule has 2 unspecified atom stereocenters. The number of nitrogens with zero attached hydrogens (tertiary/aromatic N) is 1. The molecule has 2 rings (SSSR count). The van der Waals surface area contributed by atoms with Gasteiger partial charge in [0.05, 0.1) is 5.56 Å². The van der Waals surface area contributed by atoms with Crippen LogP contribution in [0.2, 0.25) is 0 Å². The Hall–Kier alpha value is -2.11. The average Bonchev–Trinajstić information content (AvgIpc) is 2.53. The van der Waals surface area contributed by atoms with E-state index in [0.717, 1.165) is 12.8 Å². The Balaban J connectivity index is 1.97. The standard InChI is InChI=1S/C19H28FN3O2/c1-13(21-18(25)22-19(2,3)4)14-8-7-11-23(12-14)17(24)15-9-5-6-10-16(15)20/h5-6,9-10,13-14H,7-8,11-12H2,1-4H3,(H2,21,22,25). The lowest BCUT2D eigenvalue weighted by atomic mass is 9.91. The highest BCUT2D eigenvalue weighted by molar-refractivity contribution is 5.94. The largest absolute Gasteiger partial charge is 0.338 e. The van der Waals surface area contributed by atoms with Gasteiger partial charge in [0.1, 0.15) is 5.82 Å². The molecule has 0 radical (unpaired) electrons. The van der Waals surface area contributed by atoms with Gasteiger partial charge in [-0.05, 0) is 58.6 Å². The van der Waals surface area contributed by atoms with Crippen molar-refractivity contribution >= 4 is 11.9 Å². The highest BCUT2D eigenvalue weighted by atomic mass is 19.1. The maximum atomic E-state index is 13.9. The molecule has 3 amide bonds. The van der Waals surface area contributed by atoms with Gasteiger partial charge in [-0.1, -0.05) is 12.1 Å². The van der Waals surface area contributed by atoms with E-state index in [2.05, 4.69) is 10.6 Å². The van der Waals surface area contributed by atoms with Crippen LogP contribution in [0.5, 0.6) is 0 Å². The number of nitrogens with one attached hydrogen (secondary N) is 2. The number of likely N-dealkylation sites (tertiary alicyclic amines) is 1. The quantitative estimate of drug-likeness (QED) is 0.880. The molecule has 1 fully saturated rings. The minimum absolute atomic E-state index is 0.0708. The third-order valence-electron chi connectivity index (χ3n) is 4.40. The molecule has 2 atom stereocenters. The molecule has 1 saturated heterocycles. The van der Waals surface area contributed by atoms with Crippen LogP contribution in [0, 0.1) is 11.7 Å². The molecule has 1 aliphatic rings. The van der Waals surface area contributed by atoms with Gasteiger partial charge in [-0.3, -0.25) is 4.79 Å². The van der Waals surface area contributed by atoms with E-state index in [9.17, 15) is 14.0 Å². The number of amides is 3. The number of halogens is 1. The summed E-state index contributed by atoms with van der Waals surface area (Å²) in [5, 5.41) is 5.83. The number of piperidine rings is 1. The fourth-order valence-corrected chi connectivity index (χ4v) is 3.11. The lowest BCUT2D eigenvalue weighted by Crippen LogP contribution is -2.53. The maximum absolute atomic E-state index is 13.9. The monoisotopic (exact) mass is 349 g/mol. The first-order valence-electron chi connectivity index (χ1n) is 8.80. The Kier molecular flexibility index (Phi) is 6.03. The van der Waals surface area contributed by atoms with Crippen molar-refractivity contribution in [2.45, 2.75) is 52.1 Å². The highest BCUT2D eigenvalue weighted by Crippen LogP contribution is 2.22. The van der Waals surface area contributed by atoms with Crippen molar-refractivity contribution < 1.29 is 14.0 Å². The molecule has 0 bridgehead atoms. The Labute approximate surface area is 149 Å². The number of benzene rings is 1. The van der Waals surface area contributed by atoms with Crippen LogP contribution in [0.25, 0.3) is 0 Å². The van der Waals surface area contributed by atoms with E-state index in [1.165, 1.54) is 12.1 Å². The van der Waals surface area contributed by atoms with Gasteiger partial charge in [0.25, 0.3) is 5.91 Å². The Bertz CT molecular complexity index is 627. The van der Waals surface area contributed by atoms with Crippen LogP contribution in [-0.2, 0) is 0 Å². The molecule has 6 heteroatoms. The zero-order chi connectivity index (χ0) is 18.6. The number of hydrogen-bond acceptors (Lipinski definition) is 2. The summed E-state index contributed by atoms with van der Waals surface area (Å²) >= 11 is 0. The Morgan fingerprint density at radius 1 is 1.28 bits per heavy atom. The fourth-order valence-electron chi connectivity index (χ4n) is 3.11. The normalized spacial score (nSPS) is 19.2. The molecule has 1 aromatic rings. The molecule has 0 spiro atoms. The number of carbonyl (C=O) groups is 2. The van der Waals surface area contributed by atoms with Gasteiger partial charge in [-0.2, -0.15) is 0 Å². The zero-order valence-electron chi connectivity index (χ0n) is 15.4. The first-order valence-corrected chi connectivity index (χ1v) is 8.80. The van der Waals surface area contributed by atoms with Crippen LogP contribution in [-0.4, -0.2) is 41.5 Å². The summed E-state index contributed by atoms with van der Waals surface area (Å²) in [5.74, 6) is -0.630. The third-order valence-corrected chi connectivity index (χ3v) is 4.40. The van der Waals surface area contributed by atoms with Crippen molar-refractivity contribution in [1.82, 2.24) is 15.5 Å². The average molecular weight is 349 g/mol. The summed E-state index contributed by atoms with van der Waals surface area (Å²) in [4.78, 5) is 26.3. The number of hydrogen-bond donors (Lipinski definition) is 2. The minimum Gasteiger partial charge on any atom is -0.338 e. The molecule has 1 heterocycles. The minimum atomic E-state index is -0.495. The Morgan fingerprint density at radius 2 is 1.96 bits per heavy atom. The molecular weight excluding hydrogens is 321 g/mol. The second-order valence-electron chi connectivity index (χ2n) is 7.77. The summed E-state index contributed by atoms with van der Waals surface area (Å²) in [5.41, 5.74) is -0.197. The van der Waals surface area contributed by atoms with E-state index in [0.29, 0.717) is 13.1 Å². The third kappa shape index (κ3) is 5.44. The summed E-state index contributed by atoms with van der Waals surface area (Å²) in [6, 6.07) is 5.77. The van der Waals surface area contributed by atoms with Gasteiger partial charge in [0.15, 0.2) is 0 Å². The topological polar surface area (TPSA) is 61.4 Å². The van der Waals surface area contributed by atoms with Crippen molar-refractivity contribution in [3.8, 4) is 0 Å². The summed E-state index contributed by atoms with van der Waals surface area (Å²) in [7, 11) is 0. The molecule has 0 aromatic heterocycles. The van der Waals surface area contributed by atoms with E-state index in [4.69, 9.17) is 0 Å². The van der Waals surface area contributed by atoms with Gasteiger partial charge >= 0.3 is 6.03 Å². The smallest absolute Gasteiger partial charge is 0.315 e. The van der Waals surface area contributed by atoms with Gasteiger partial charge in [0.2, 0.25) is 0 Å². The molecule has 5 nitrogen and oxygen atoms in total. The van der Waals surface area contributed by atoms with Crippen LogP contribution < -0.4 is 10.6 Å². The van der Waals surface area contributed by atoms with Crippen LogP contribution >= 0.6 is 0 Å². The SMILES string of the molecule is CC(NC(=O)NC(C)(C)C)C1CCCN(C(=O)c2ccccc2F)C1. The molecule has 0 saturated carbocycles. The van der Waals surface area contributed by atoms with E-state index in [1.54, 1.807) is 17.0 Å². The Morgan fingerprint density at radius 3 is 2.60 bits per heavy atom. The van der Waals surface area contributed by atoms with Crippen LogP contribution in [0.3, 0.4) is 0 Å². The predicted molar refractivity (Wildman–Crippen MR) is 95.9 cm³/mol. The van der Waals surface area contributed by atoms with Crippen molar-refractivity contribution in [2.75, 3.05) is 13.1 Å². The fraction of sp³-hybridized carbons (Fsp3) is 0.579. The predicted octanol–water partition coefficient (Wildman–Crippen LogP) is 3.16. The highest BCUT2D eigenvalue weighted by Gasteiger charge is 2.30. The van der Waals surface area contributed by atoms with Crippen molar-refractivity contribution in [2.24, 2.45) is 5.92 Å². The van der Waals surface area contributed by atoms with E-state index >= 15 is 0 Å². The van der Waals surface area contributed by atoms with Crippen LogP contribution in [0.1, 0.15) is 50.9 Å². The maximum Gasteiger partial charge on any atom is 0.315 e. The second kappa shape index (κ2) is 7.85. The molecular formula is C19H28FN3O2. The van der Waals surface area contributed by atoms with E-state index in [-0.39, 0.29) is 35.0 Å². The molecule has 2 N–H and O–H groups in total. The van der Waals surface area contributed by atoms with Crippen molar-refractivity contribution in [1.29, 1.82) is 0 Å². The first kappa shape index (κ1) is 19.2. The van der Waals surface area contributed by atoms with Gasteiger partial charge in [-0.15, -0.1) is 0 Å². The van der Waals surface area contributed by atoms with Crippen LogP contribution in [0.15, 0.2) is 24.3 Å². The lowest BCUT2D eigenvalue weighted by Gasteiger charge is -2.36. The molecule has 1 aromatic carbocycles. The summed E-state index contributed by atoms with van der Waals surface area (Å²) in [6.07, 6.45) is 1.77. The van der Waals surface area contributed by atoms with Crippen molar-refractivity contribution in [3.05, 3.63) is 35.6 Å². The van der Waals surface area contributed by atoms with Gasteiger partial charge in [0, 0.05) is 24.7 Å². The number of rotatable bonds is 3. The van der Waals surface area contributed by atoms with E-state index in [1.807, 2.05) is 27.7 Å². The first-order chi connectivity index (χ1) is 11.7. The number of carbonyl (C=O) groups excluding carboxylic acids is 2. The summed E-state index contributed by atoms with van der Waals surface area (Å²) in [6.45, 7) is 8.85. The van der Waals surface area contributed by atoms with Crippen LogP contribution in [0.4, 0.5) is 9.18 Å². The number of urea groups is 1. The lowest BCUT2D eigenvalue weighted by molar-refractivity contribution is 0.0649. The molecule has 0 aliphatic carbocycles. The van der Waals surface area contributed by atoms with Gasteiger partial charge in [-0.25, -0.2) is 9.18 Å². The molecule has 138 valence electrons. The van der Waals surface area contributed by atoms with E-state index < -0.39 is 5.82 Å². The van der Waals surface area contributed by atoms with Gasteiger partial charge < -0.3 is 15.5 Å². The molecule has 25 heavy (non-hydrogen) atoms. The second-order valence-corrected chi connectivity index (χ2v) is 7.77. The zero-order valence-corrected chi connectivity index (χ0v) is 15.4. The summed E-state index contributed by atoms with van der Waals surface area (Å²) < 4.78 is 13.9.